The second-order valence-electron chi connectivity index (χ2n) is 6.55. The summed E-state index contributed by atoms with van der Waals surface area (Å²) < 4.78 is 5.24. The average molecular weight is 394 g/mol. The molecule has 0 saturated carbocycles. The van der Waals surface area contributed by atoms with Crippen LogP contribution in [0.5, 0.6) is 0 Å². The van der Waals surface area contributed by atoms with Gasteiger partial charge in [0.2, 0.25) is 0 Å². The highest BCUT2D eigenvalue weighted by Gasteiger charge is 2.23. The van der Waals surface area contributed by atoms with Crippen molar-refractivity contribution >= 4 is 28.2 Å². The molecule has 0 aliphatic heterocycles. The predicted molar refractivity (Wildman–Crippen MR) is 112 cm³/mol. The van der Waals surface area contributed by atoms with Gasteiger partial charge in [-0.2, -0.15) is 0 Å². The van der Waals surface area contributed by atoms with Crippen LogP contribution in [0.15, 0.2) is 54.2 Å². The van der Waals surface area contributed by atoms with Gasteiger partial charge >= 0.3 is 5.97 Å². The highest BCUT2D eigenvalue weighted by molar-refractivity contribution is 7.15. The van der Waals surface area contributed by atoms with E-state index >= 15 is 0 Å². The van der Waals surface area contributed by atoms with Crippen LogP contribution in [0.2, 0.25) is 0 Å². The normalized spacial score (nSPS) is 10.7. The number of carbonyl (C=O) groups is 2. The molecule has 0 fully saturated rings. The quantitative estimate of drug-likeness (QED) is 0.571. The maximum absolute atomic E-state index is 12.6. The monoisotopic (exact) mass is 394 g/mol. The smallest absolute Gasteiger partial charge is 0.341 e. The topological polar surface area (TPSA) is 68.3 Å². The number of ether oxygens (including phenoxy) is 1. The first-order valence-electron chi connectivity index (χ1n) is 9.11. The molecular weight excluding hydrogens is 372 g/mol. The molecule has 0 aliphatic carbocycles. The maximum Gasteiger partial charge on any atom is 0.341 e. The fourth-order valence-electron chi connectivity index (χ4n) is 2.79. The SMILES string of the molecule is CCOC(=O)c1c(-c2ccc(C(C)C)cc2)csc1NC(=O)c1cccnc1. The van der Waals surface area contributed by atoms with Crippen molar-refractivity contribution in [3.8, 4) is 11.1 Å². The summed E-state index contributed by atoms with van der Waals surface area (Å²) in [6.07, 6.45) is 3.09. The average Bonchev–Trinajstić information content (AvgIpc) is 3.12. The van der Waals surface area contributed by atoms with E-state index in [1.54, 1.807) is 25.3 Å². The van der Waals surface area contributed by atoms with Gasteiger partial charge in [0, 0.05) is 23.3 Å². The summed E-state index contributed by atoms with van der Waals surface area (Å²) in [5.41, 5.74) is 3.68. The van der Waals surface area contributed by atoms with E-state index in [4.69, 9.17) is 4.74 Å². The molecule has 6 heteroatoms. The van der Waals surface area contributed by atoms with Gasteiger partial charge in [0.25, 0.3) is 5.91 Å². The lowest BCUT2D eigenvalue weighted by Crippen LogP contribution is -2.15. The van der Waals surface area contributed by atoms with Gasteiger partial charge in [-0.05, 0) is 36.1 Å². The third-order valence-electron chi connectivity index (χ3n) is 4.31. The molecule has 2 heterocycles. The molecule has 0 aliphatic rings. The van der Waals surface area contributed by atoms with Crippen molar-refractivity contribution in [3.63, 3.8) is 0 Å². The number of thiophene rings is 1. The Morgan fingerprint density at radius 1 is 1.18 bits per heavy atom. The number of benzene rings is 1. The van der Waals surface area contributed by atoms with Crippen LogP contribution in [-0.4, -0.2) is 23.5 Å². The van der Waals surface area contributed by atoms with Crippen LogP contribution in [0, 0.1) is 0 Å². The number of rotatable bonds is 6. The van der Waals surface area contributed by atoms with Gasteiger partial charge in [0.1, 0.15) is 10.6 Å². The molecule has 144 valence electrons. The zero-order chi connectivity index (χ0) is 20.1. The Morgan fingerprint density at radius 3 is 2.54 bits per heavy atom. The Balaban J connectivity index is 1.97. The van der Waals surface area contributed by atoms with Crippen LogP contribution >= 0.6 is 11.3 Å². The van der Waals surface area contributed by atoms with Crippen molar-refractivity contribution in [2.24, 2.45) is 0 Å². The number of carbonyl (C=O) groups excluding carboxylic acids is 2. The number of pyridine rings is 1. The predicted octanol–water partition coefficient (Wildman–Crippen LogP) is 5.36. The zero-order valence-corrected chi connectivity index (χ0v) is 16.9. The van der Waals surface area contributed by atoms with E-state index in [1.165, 1.54) is 23.1 Å². The molecule has 0 atom stereocenters. The minimum atomic E-state index is -0.451. The molecule has 0 bridgehead atoms. The van der Waals surface area contributed by atoms with Crippen molar-refractivity contribution in [2.75, 3.05) is 11.9 Å². The number of esters is 1. The lowest BCUT2D eigenvalue weighted by atomic mass is 9.98. The molecule has 3 aromatic rings. The van der Waals surface area contributed by atoms with Gasteiger partial charge in [-0.15, -0.1) is 11.3 Å². The molecule has 0 saturated heterocycles. The summed E-state index contributed by atoms with van der Waals surface area (Å²) in [5, 5.41) is 5.16. The Kier molecular flexibility index (Phi) is 6.21. The van der Waals surface area contributed by atoms with E-state index in [0.717, 1.165) is 11.1 Å². The third kappa shape index (κ3) is 4.28. The van der Waals surface area contributed by atoms with Gasteiger partial charge in [-0.3, -0.25) is 9.78 Å². The first-order valence-corrected chi connectivity index (χ1v) is 9.99. The Hall–Kier alpha value is -2.99. The Labute approximate surface area is 168 Å². The summed E-state index contributed by atoms with van der Waals surface area (Å²) in [7, 11) is 0. The molecule has 1 aromatic carbocycles. The lowest BCUT2D eigenvalue weighted by molar-refractivity contribution is 0.0529. The highest BCUT2D eigenvalue weighted by atomic mass is 32.1. The van der Waals surface area contributed by atoms with E-state index in [-0.39, 0.29) is 12.5 Å². The van der Waals surface area contributed by atoms with E-state index in [1.807, 2.05) is 17.5 Å². The molecule has 5 nitrogen and oxygen atoms in total. The fraction of sp³-hybridized carbons (Fsp3) is 0.227. The summed E-state index contributed by atoms with van der Waals surface area (Å²) >= 11 is 1.31. The van der Waals surface area contributed by atoms with Crippen LogP contribution in [0.4, 0.5) is 5.00 Å². The first kappa shape index (κ1) is 19.8. The number of nitrogens with zero attached hydrogens (tertiary/aromatic N) is 1. The van der Waals surface area contributed by atoms with Gasteiger partial charge in [-0.25, -0.2) is 4.79 Å². The molecular formula is C22H22N2O3S. The summed E-state index contributed by atoms with van der Waals surface area (Å²) in [4.78, 5) is 29.1. The maximum atomic E-state index is 12.6. The van der Waals surface area contributed by atoms with Crippen LogP contribution in [0.25, 0.3) is 11.1 Å². The molecule has 0 radical (unpaired) electrons. The number of anilines is 1. The number of amides is 1. The van der Waals surface area contributed by atoms with Gasteiger partial charge in [0.15, 0.2) is 0 Å². The summed E-state index contributed by atoms with van der Waals surface area (Å²) in [6, 6.07) is 11.5. The third-order valence-corrected chi connectivity index (χ3v) is 5.21. The summed E-state index contributed by atoms with van der Waals surface area (Å²) in [6.45, 7) is 6.29. The van der Waals surface area contributed by atoms with Gasteiger partial charge in [0.05, 0.1) is 12.2 Å². The van der Waals surface area contributed by atoms with Gasteiger partial charge < -0.3 is 10.1 Å². The Morgan fingerprint density at radius 2 is 1.93 bits per heavy atom. The van der Waals surface area contributed by atoms with Crippen molar-refractivity contribution in [1.82, 2.24) is 4.98 Å². The number of hydrogen-bond acceptors (Lipinski definition) is 5. The molecule has 28 heavy (non-hydrogen) atoms. The molecule has 1 N–H and O–H groups in total. The van der Waals surface area contributed by atoms with Gasteiger partial charge in [-0.1, -0.05) is 38.1 Å². The van der Waals surface area contributed by atoms with E-state index < -0.39 is 5.97 Å². The largest absolute Gasteiger partial charge is 0.462 e. The highest BCUT2D eigenvalue weighted by Crippen LogP contribution is 2.37. The molecule has 2 aromatic heterocycles. The minimum Gasteiger partial charge on any atom is -0.462 e. The van der Waals surface area contributed by atoms with E-state index in [9.17, 15) is 9.59 Å². The van der Waals surface area contributed by atoms with Crippen molar-refractivity contribution in [1.29, 1.82) is 0 Å². The molecule has 0 spiro atoms. The second-order valence-corrected chi connectivity index (χ2v) is 7.43. The van der Waals surface area contributed by atoms with Crippen molar-refractivity contribution < 1.29 is 14.3 Å². The number of aromatic nitrogens is 1. The molecule has 0 unspecified atom stereocenters. The standard InChI is InChI=1S/C22H22N2O3S/c1-4-27-22(26)19-18(16-9-7-15(8-10-16)14(2)3)13-28-21(19)24-20(25)17-6-5-11-23-12-17/h5-14H,4H2,1-3H3,(H,24,25). The molecule has 1 amide bonds. The van der Waals surface area contributed by atoms with Crippen molar-refractivity contribution in [2.45, 2.75) is 26.7 Å². The number of hydrogen-bond donors (Lipinski definition) is 1. The lowest BCUT2D eigenvalue weighted by Gasteiger charge is -2.10. The number of nitrogens with one attached hydrogen (secondary N) is 1. The minimum absolute atomic E-state index is 0.260. The van der Waals surface area contributed by atoms with E-state index in [2.05, 4.69) is 36.3 Å². The van der Waals surface area contributed by atoms with Crippen LogP contribution in [0.3, 0.4) is 0 Å². The first-order chi connectivity index (χ1) is 13.5. The van der Waals surface area contributed by atoms with Crippen LogP contribution < -0.4 is 5.32 Å². The van der Waals surface area contributed by atoms with Crippen molar-refractivity contribution in [3.05, 3.63) is 70.9 Å². The summed E-state index contributed by atoms with van der Waals surface area (Å²) in [5.74, 6) is -0.342. The Bertz CT molecular complexity index is 963. The van der Waals surface area contributed by atoms with Crippen LogP contribution in [0.1, 0.15) is 53.0 Å². The van der Waals surface area contributed by atoms with E-state index in [0.29, 0.717) is 22.0 Å². The molecule has 3 rings (SSSR count). The zero-order valence-electron chi connectivity index (χ0n) is 16.1. The van der Waals surface area contributed by atoms with Crippen LogP contribution in [-0.2, 0) is 4.74 Å². The fourth-order valence-corrected chi connectivity index (χ4v) is 3.74. The second kappa shape index (κ2) is 8.80.